The number of hydrogen-bond acceptors (Lipinski definition) is 4. The van der Waals surface area contributed by atoms with E-state index in [9.17, 15) is 4.79 Å². The predicted octanol–water partition coefficient (Wildman–Crippen LogP) is 2.86. The number of nitrogens with one attached hydrogen (secondary N) is 1. The van der Waals surface area contributed by atoms with Gasteiger partial charge in [-0.25, -0.2) is 4.68 Å². The van der Waals surface area contributed by atoms with E-state index in [0.717, 1.165) is 42.4 Å². The van der Waals surface area contributed by atoms with Crippen LogP contribution in [0.25, 0.3) is 27.5 Å². The number of aromatic nitrogens is 4. The third-order valence-electron chi connectivity index (χ3n) is 4.80. The van der Waals surface area contributed by atoms with Crippen molar-refractivity contribution in [2.75, 3.05) is 18.0 Å². The summed E-state index contributed by atoms with van der Waals surface area (Å²) >= 11 is 0. The number of anilines is 1. The molecule has 4 aromatic rings. The van der Waals surface area contributed by atoms with Crippen molar-refractivity contribution in [3.63, 3.8) is 0 Å². The van der Waals surface area contributed by atoms with Crippen LogP contribution in [0.2, 0.25) is 0 Å². The summed E-state index contributed by atoms with van der Waals surface area (Å²) in [6, 6.07) is 14.2. The van der Waals surface area contributed by atoms with Crippen molar-refractivity contribution in [2.24, 2.45) is 0 Å². The molecule has 6 heteroatoms. The smallest absolute Gasteiger partial charge is 0.263 e. The summed E-state index contributed by atoms with van der Waals surface area (Å²) in [6.45, 7) is 1.86. The van der Waals surface area contributed by atoms with Gasteiger partial charge in [-0.2, -0.15) is 4.98 Å². The minimum Gasteiger partial charge on any atom is -0.342 e. The second kappa shape index (κ2) is 5.44. The van der Waals surface area contributed by atoms with E-state index >= 15 is 0 Å². The summed E-state index contributed by atoms with van der Waals surface area (Å²) in [7, 11) is 0. The molecule has 0 radical (unpaired) electrons. The van der Waals surface area contributed by atoms with Gasteiger partial charge < -0.3 is 4.90 Å². The molecule has 1 saturated heterocycles. The van der Waals surface area contributed by atoms with Crippen molar-refractivity contribution < 1.29 is 0 Å². The Balaban J connectivity index is 1.69. The fourth-order valence-electron chi connectivity index (χ4n) is 3.51. The van der Waals surface area contributed by atoms with Gasteiger partial charge in [-0.05, 0) is 24.3 Å². The van der Waals surface area contributed by atoms with E-state index in [1.807, 2.05) is 24.3 Å². The van der Waals surface area contributed by atoms with E-state index in [1.54, 1.807) is 10.9 Å². The van der Waals surface area contributed by atoms with E-state index in [2.05, 4.69) is 38.2 Å². The summed E-state index contributed by atoms with van der Waals surface area (Å²) < 4.78 is 1.75. The Hall–Kier alpha value is -3.15. The molecular weight excluding hydrogens is 314 g/mol. The molecule has 0 spiro atoms. The molecule has 0 saturated carbocycles. The summed E-state index contributed by atoms with van der Waals surface area (Å²) in [6.07, 6.45) is 4.02. The molecule has 0 atom stereocenters. The van der Waals surface area contributed by atoms with Gasteiger partial charge in [-0.1, -0.05) is 36.4 Å². The fraction of sp³-hybridized carbons (Fsp3) is 0.211. The molecule has 5 rings (SSSR count). The maximum atomic E-state index is 12.5. The third-order valence-corrected chi connectivity index (χ3v) is 4.80. The fourth-order valence-corrected chi connectivity index (χ4v) is 3.51. The predicted molar refractivity (Wildman–Crippen MR) is 98.4 cm³/mol. The maximum Gasteiger partial charge on any atom is 0.263 e. The van der Waals surface area contributed by atoms with Gasteiger partial charge in [-0.3, -0.25) is 9.78 Å². The molecule has 0 amide bonds. The van der Waals surface area contributed by atoms with Crippen molar-refractivity contribution in [1.82, 2.24) is 19.7 Å². The monoisotopic (exact) mass is 331 g/mol. The van der Waals surface area contributed by atoms with E-state index in [-0.39, 0.29) is 5.56 Å². The van der Waals surface area contributed by atoms with Gasteiger partial charge in [0.15, 0.2) is 5.65 Å². The molecule has 1 N–H and O–H groups in total. The molecule has 1 aliphatic rings. The van der Waals surface area contributed by atoms with E-state index in [0.29, 0.717) is 17.0 Å². The number of benzene rings is 2. The zero-order valence-corrected chi connectivity index (χ0v) is 13.6. The average molecular weight is 331 g/mol. The molecule has 2 aromatic heterocycles. The zero-order chi connectivity index (χ0) is 16.8. The first-order valence-corrected chi connectivity index (χ1v) is 8.52. The molecule has 1 fully saturated rings. The van der Waals surface area contributed by atoms with Crippen molar-refractivity contribution in [3.05, 3.63) is 59.0 Å². The quantitative estimate of drug-likeness (QED) is 0.613. The van der Waals surface area contributed by atoms with Crippen LogP contribution < -0.4 is 10.5 Å². The van der Waals surface area contributed by atoms with Crippen LogP contribution in [-0.4, -0.2) is 32.8 Å². The van der Waals surface area contributed by atoms with Crippen molar-refractivity contribution >= 4 is 27.8 Å². The molecule has 25 heavy (non-hydrogen) atoms. The van der Waals surface area contributed by atoms with Crippen LogP contribution in [0.1, 0.15) is 12.8 Å². The highest BCUT2D eigenvalue weighted by Crippen LogP contribution is 2.23. The second-order valence-corrected chi connectivity index (χ2v) is 6.39. The van der Waals surface area contributed by atoms with E-state index in [1.165, 1.54) is 0 Å². The number of fused-ring (bicyclic) bond motifs is 2. The highest BCUT2D eigenvalue weighted by molar-refractivity contribution is 5.90. The highest BCUT2D eigenvalue weighted by atomic mass is 16.1. The summed E-state index contributed by atoms with van der Waals surface area (Å²) in [5, 5.41) is 7.32. The third kappa shape index (κ3) is 2.29. The molecule has 2 aromatic carbocycles. The Morgan fingerprint density at radius 1 is 0.960 bits per heavy atom. The number of rotatable bonds is 2. The second-order valence-electron chi connectivity index (χ2n) is 6.39. The molecule has 6 nitrogen and oxygen atoms in total. The highest BCUT2D eigenvalue weighted by Gasteiger charge is 2.17. The Kier molecular flexibility index (Phi) is 3.09. The van der Waals surface area contributed by atoms with Gasteiger partial charge >= 0.3 is 0 Å². The van der Waals surface area contributed by atoms with Crippen molar-refractivity contribution in [2.45, 2.75) is 12.8 Å². The van der Waals surface area contributed by atoms with Gasteiger partial charge in [0.2, 0.25) is 5.95 Å². The minimum atomic E-state index is -0.140. The largest absolute Gasteiger partial charge is 0.342 e. The standard InChI is InChI=1S/C19H17N5O/c25-18-15-12-24(16-9-5-7-13-6-1-2-8-14(13)16)22-17(15)20-19(21-18)23-10-3-4-11-23/h1-2,5-9,12H,3-4,10-11H2,(H,20,21,22,25). The van der Waals surface area contributed by atoms with Crippen LogP contribution in [0, 0.1) is 0 Å². The van der Waals surface area contributed by atoms with Crippen LogP contribution >= 0.6 is 0 Å². The van der Waals surface area contributed by atoms with Crippen LogP contribution in [0.4, 0.5) is 5.95 Å². The Bertz CT molecular complexity index is 1130. The lowest BCUT2D eigenvalue weighted by atomic mass is 10.1. The Morgan fingerprint density at radius 2 is 1.76 bits per heavy atom. The van der Waals surface area contributed by atoms with Gasteiger partial charge in [0.25, 0.3) is 5.56 Å². The summed E-state index contributed by atoms with van der Waals surface area (Å²) in [4.78, 5) is 22.1. The summed E-state index contributed by atoms with van der Waals surface area (Å²) in [5.41, 5.74) is 1.29. The normalized spacial score (nSPS) is 14.6. The molecule has 0 aliphatic carbocycles. The topological polar surface area (TPSA) is 66.8 Å². The van der Waals surface area contributed by atoms with Crippen LogP contribution in [-0.2, 0) is 0 Å². The SMILES string of the molecule is O=c1[nH]c(N2CCCC2)nc2nn(-c3cccc4ccccc34)cc12. The van der Waals surface area contributed by atoms with Gasteiger partial charge in [0, 0.05) is 24.7 Å². The molecule has 3 heterocycles. The Labute approximate surface area is 143 Å². The zero-order valence-electron chi connectivity index (χ0n) is 13.6. The average Bonchev–Trinajstić information content (AvgIpc) is 3.31. The first-order valence-electron chi connectivity index (χ1n) is 8.52. The van der Waals surface area contributed by atoms with Gasteiger partial charge in [0.1, 0.15) is 5.39 Å². The van der Waals surface area contributed by atoms with Gasteiger partial charge in [-0.15, -0.1) is 5.10 Å². The molecule has 0 unspecified atom stereocenters. The molecule has 1 aliphatic heterocycles. The summed E-state index contributed by atoms with van der Waals surface area (Å²) in [5.74, 6) is 0.623. The van der Waals surface area contributed by atoms with Crippen LogP contribution in [0.5, 0.6) is 0 Å². The van der Waals surface area contributed by atoms with E-state index in [4.69, 9.17) is 0 Å². The number of nitrogens with zero attached hydrogens (tertiary/aromatic N) is 4. The van der Waals surface area contributed by atoms with Crippen molar-refractivity contribution in [3.8, 4) is 5.69 Å². The lowest BCUT2D eigenvalue weighted by molar-refractivity contribution is 0.879. The number of hydrogen-bond donors (Lipinski definition) is 1. The van der Waals surface area contributed by atoms with Crippen LogP contribution in [0.15, 0.2) is 53.5 Å². The van der Waals surface area contributed by atoms with Gasteiger partial charge in [0.05, 0.1) is 5.69 Å². The van der Waals surface area contributed by atoms with E-state index < -0.39 is 0 Å². The minimum absolute atomic E-state index is 0.140. The Morgan fingerprint density at radius 3 is 2.64 bits per heavy atom. The lowest BCUT2D eigenvalue weighted by Crippen LogP contribution is -2.23. The lowest BCUT2D eigenvalue weighted by Gasteiger charge is -2.14. The number of H-pyrrole nitrogens is 1. The molecule has 0 bridgehead atoms. The maximum absolute atomic E-state index is 12.5. The first kappa shape index (κ1) is 14.2. The molecular formula is C19H17N5O. The molecule has 124 valence electrons. The number of aromatic amines is 1. The van der Waals surface area contributed by atoms with Crippen LogP contribution in [0.3, 0.4) is 0 Å². The van der Waals surface area contributed by atoms with Crippen molar-refractivity contribution in [1.29, 1.82) is 0 Å². The first-order chi connectivity index (χ1) is 12.3.